The van der Waals surface area contributed by atoms with Gasteiger partial charge in [-0.2, -0.15) is 0 Å². The molecule has 0 radical (unpaired) electrons. The summed E-state index contributed by atoms with van der Waals surface area (Å²) in [5, 5.41) is 2.93. The van der Waals surface area contributed by atoms with E-state index < -0.39 is 0 Å². The number of thioether (sulfide) groups is 1. The second kappa shape index (κ2) is 6.48. The predicted molar refractivity (Wildman–Crippen MR) is 86.1 cm³/mol. The highest BCUT2D eigenvalue weighted by molar-refractivity contribution is 8.00. The van der Waals surface area contributed by atoms with Gasteiger partial charge in [0.15, 0.2) is 0 Å². The molecule has 20 heavy (non-hydrogen) atoms. The van der Waals surface area contributed by atoms with E-state index in [1.807, 2.05) is 50.2 Å². The van der Waals surface area contributed by atoms with Gasteiger partial charge in [0, 0.05) is 16.3 Å². The van der Waals surface area contributed by atoms with Crippen molar-refractivity contribution in [3.05, 3.63) is 53.6 Å². The largest absolute Gasteiger partial charge is 0.398 e. The van der Waals surface area contributed by atoms with Crippen LogP contribution in [-0.4, -0.2) is 11.7 Å². The summed E-state index contributed by atoms with van der Waals surface area (Å²) < 4.78 is 0. The van der Waals surface area contributed by atoms with E-state index in [2.05, 4.69) is 11.4 Å². The Balaban J connectivity index is 1.94. The Labute approximate surface area is 123 Å². The van der Waals surface area contributed by atoms with Gasteiger partial charge in [0.05, 0.1) is 5.75 Å². The minimum absolute atomic E-state index is 0.0230. The lowest BCUT2D eigenvalue weighted by Crippen LogP contribution is -2.15. The molecule has 104 valence electrons. The van der Waals surface area contributed by atoms with Gasteiger partial charge >= 0.3 is 0 Å². The van der Waals surface area contributed by atoms with E-state index in [-0.39, 0.29) is 5.91 Å². The third-order valence-electron chi connectivity index (χ3n) is 2.93. The molecule has 0 atom stereocenters. The van der Waals surface area contributed by atoms with Crippen LogP contribution in [0.4, 0.5) is 11.4 Å². The number of aryl methyl sites for hydroxylation is 2. The van der Waals surface area contributed by atoms with Crippen LogP contribution in [0.5, 0.6) is 0 Å². The quantitative estimate of drug-likeness (QED) is 0.667. The molecule has 3 N–H and O–H groups in total. The number of carbonyl (C=O) groups excluding carboxylic acids is 1. The van der Waals surface area contributed by atoms with Gasteiger partial charge in [-0.25, -0.2) is 0 Å². The van der Waals surface area contributed by atoms with Crippen LogP contribution in [0, 0.1) is 13.8 Å². The Hall–Kier alpha value is -1.94. The van der Waals surface area contributed by atoms with Crippen molar-refractivity contribution in [2.45, 2.75) is 18.7 Å². The third kappa shape index (κ3) is 3.78. The van der Waals surface area contributed by atoms with Crippen molar-refractivity contribution >= 4 is 29.0 Å². The van der Waals surface area contributed by atoms with E-state index in [4.69, 9.17) is 5.73 Å². The van der Waals surface area contributed by atoms with E-state index in [0.717, 1.165) is 16.1 Å². The van der Waals surface area contributed by atoms with Crippen LogP contribution in [0.2, 0.25) is 0 Å². The van der Waals surface area contributed by atoms with Crippen molar-refractivity contribution in [2.75, 3.05) is 16.8 Å². The molecular weight excluding hydrogens is 268 g/mol. The second-order valence-corrected chi connectivity index (χ2v) is 5.71. The minimum atomic E-state index is -0.0230. The molecule has 0 aliphatic rings. The molecule has 0 aliphatic carbocycles. The number of nitrogen functional groups attached to an aromatic ring is 1. The first-order chi connectivity index (χ1) is 9.56. The fraction of sp³-hybridized carbons (Fsp3) is 0.188. The van der Waals surface area contributed by atoms with E-state index >= 15 is 0 Å². The molecule has 1 amide bonds. The van der Waals surface area contributed by atoms with Crippen molar-refractivity contribution in [3.8, 4) is 0 Å². The number of hydrogen-bond donors (Lipinski definition) is 2. The first-order valence-electron chi connectivity index (χ1n) is 6.40. The Morgan fingerprint density at radius 1 is 1.20 bits per heavy atom. The molecular formula is C16H18N2OS. The van der Waals surface area contributed by atoms with Gasteiger partial charge in [0.25, 0.3) is 0 Å². The maximum absolute atomic E-state index is 12.0. The summed E-state index contributed by atoms with van der Waals surface area (Å²) in [6.07, 6.45) is 0. The molecule has 0 bridgehead atoms. The predicted octanol–water partition coefficient (Wildman–Crippen LogP) is 3.62. The highest BCUT2D eigenvalue weighted by Gasteiger charge is 2.07. The van der Waals surface area contributed by atoms with Crippen molar-refractivity contribution in [1.29, 1.82) is 0 Å². The van der Waals surface area contributed by atoms with E-state index in [1.54, 1.807) is 0 Å². The highest BCUT2D eigenvalue weighted by atomic mass is 32.2. The number of nitrogens with one attached hydrogen (secondary N) is 1. The van der Waals surface area contributed by atoms with E-state index in [9.17, 15) is 4.79 Å². The Morgan fingerprint density at radius 2 is 1.95 bits per heavy atom. The van der Waals surface area contributed by atoms with Crippen LogP contribution >= 0.6 is 11.8 Å². The third-order valence-corrected chi connectivity index (χ3v) is 4.02. The summed E-state index contributed by atoms with van der Waals surface area (Å²) in [7, 11) is 0. The molecule has 0 spiro atoms. The molecule has 2 aromatic rings. The van der Waals surface area contributed by atoms with Crippen LogP contribution in [0.15, 0.2) is 47.4 Å². The summed E-state index contributed by atoms with van der Waals surface area (Å²) in [5.74, 6) is 0.326. The second-order valence-electron chi connectivity index (χ2n) is 4.69. The van der Waals surface area contributed by atoms with Crippen LogP contribution in [0.25, 0.3) is 0 Å². The molecule has 4 heteroatoms. The van der Waals surface area contributed by atoms with Crippen LogP contribution < -0.4 is 11.1 Å². The maximum Gasteiger partial charge on any atom is 0.234 e. The topological polar surface area (TPSA) is 55.1 Å². The number of hydrogen-bond acceptors (Lipinski definition) is 3. The van der Waals surface area contributed by atoms with Gasteiger partial charge in [0.1, 0.15) is 0 Å². The highest BCUT2D eigenvalue weighted by Crippen LogP contribution is 2.24. The summed E-state index contributed by atoms with van der Waals surface area (Å²) in [5.41, 5.74) is 9.67. The first kappa shape index (κ1) is 14.5. The molecule has 0 saturated heterocycles. The fourth-order valence-electron chi connectivity index (χ4n) is 1.90. The molecule has 2 aromatic carbocycles. The fourth-order valence-corrected chi connectivity index (χ4v) is 2.66. The lowest BCUT2D eigenvalue weighted by Gasteiger charge is -2.09. The van der Waals surface area contributed by atoms with Crippen LogP contribution in [-0.2, 0) is 4.79 Å². The van der Waals surface area contributed by atoms with Crippen LogP contribution in [0.1, 0.15) is 11.1 Å². The Morgan fingerprint density at radius 3 is 2.65 bits per heavy atom. The molecule has 0 heterocycles. The Bertz CT molecular complexity index is 626. The molecule has 0 aromatic heterocycles. The van der Waals surface area contributed by atoms with Crippen molar-refractivity contribution < 1.29 is 4.79 Å². The van der Waals surface area contributed by atoms with Gasteiger partial charge < -0.3 is 11.1 Å². The van der Waals surface area contributed by atoms with Gasteiger partial charge in [0.2, 0.25) is 5.91 Å². The zero-order valence-electron chi connectivity index (χ0n) is 11.6. The number of rotatable bonds is 4. The average molecular weight is 286 g/mol. The van der Waals surface area contributed by atoms with Crippen molar-refractivity contribution in [1.82, 2.24) is 0 Å². The maximum atomic E-state index is 12.0. The molecule has 0 saturated carbocycles. The molecule has 3 nitrogen and oxygen atoms in total. The monoisotopic (exact) mass is 286 g/mol. The lowest BCUT2D eigenvalue weighted by molar-refractivity contribution is -0.113. The van der Waals surface area contributed by atoms with E-state index in [0.29, 0.717) is 11.4 Å². The smallest absolute Gasteiger partial charge is 0.234 e. The van der Waals surface area contributed by atoms with Gasteiger partial charge in [-0.3, -0.25) is 4.79 Å². The van der Waals surface area contributed by atoms with Crippen LogP contribution in [0.3, 0.4) is 0 Å². The number of carbonyl (C=O) groups is 1. The average Bonchev–Trinajstić information content (AvgIpc) is 2.41. The van der Waals surface area contributed by atoms with Crippen molar-refractivity contribution in [3.63, 3.8) is 0 Å². The van der Waals surface area contributed by atoms with Gasteiger partial charge in [-0.15, -0.1) is 11.8 Å². The summed E-state index contributed by atoms with van der Waals surface area (Å²) in [6, 6.07) is 13.5. The molecule has 0 aliphatic heterocycles. The summed E-state index contributed by atoms with van der Waals surface area (Å²) >= 11 is 1.45. The minimum Gasteiger partial charge on any atom is -0.398 e. The van der Waals surface area contributed by atoms with Crippen molar-refractivity contribution in [2.24, 2.45) is 0 Å². The molecule has 2 rings (SSSR count). The number of nitrogens with two attached hydrogens (primary N) is 1. The Kier molecular flexibility index (Phi) is 4.69. The zero-order chi connectivity index (χ0) is 14.5. The molecule has 0 unspecified atom stereocenters. The normalized spacial score (nSPS) is 10.3. The number of amides is 1. The zero-order valence-corrected chi connectivity index (χ0v) is 12.5. The summed E-state index contributed by atoms with van der Waals surface area (Å²) in [6.45, 7) is 4.03. The van der Waals surface area contributed by atoms with Gasteiger partial charge in [-0.1, -0.05) is 29.8 Å². The summed E-state index contributed by atoms with van der Waals surface area (Å²) in [4.78, 5) is 12.9. The number of anilines is 2. The van der Waals surface area contributed by atoms with E-state index in [1.165, 1.54) is 17.3 Å². The first-order valence-corrected chi connectivity index (χ1v) is 7.39. The lowest BCUT2D eigenvalue weighted by atomic mass is 10.1. The molecule has 0 fully saturated rings. The standard InChI is InChI=1S/C16H18N2OS/c1-11-7-8-14(12(2)9-11)18-16(19)10-20-15-6-4-3-5-13(15)17/h3-9H,10,17H2,1-2H3,(H,18,19). The SMILES string of the molecule is Cc1ccc(NC(=O)CSc2ccccc2N)c(C)c1. The van der Waals surface area contributed by atoms with Gasteiger partial charge in [-0.05, 0) is 37.6 Å². The number of benzene rings is 2. The number of para-hydroxylation sites is 1.